The molecular formula is C22H16Cl2F5N3O3S. The van der Waals surface area contributed by atoms with Gasteiger partial charge in [-0.05, 0) is 41.8 Å². The molecule has 3 rings (SSSR count). The molecule has 3 aromatic rings. The van der Waals surface area contributed by atoms with Crippen molar-refractivity contribution in [1.29, 1.82) is 0 Å². The zero-order chi connectivity index (χ0) is 26.7. The Labute approximate surface area is 212 Å². The molecule has 0 unspecified atom stereocenters. The van der Waals surface area contributed by atoms with Crippen molar-refractivity contribution in [2.24, 2.45) is 0 Å². The van der Waals surface area contributed by atoms with Crippen molar-refractivity contribution in [3.8, 4) is 0 Å². The van der Waals surface area contributed by atoms with Crippen LogP contribution in [0.5, 0.6) is 0 Å². The summed E-state index contributed by atoms with van der Waals surface area (Å²) < 4.78 is 93.4. The van der Waals surface area contributed by atoms with Gasteiger partial charge in [-0.1, -0.05) is 41.4 Å². The third kappa shape index (κ3) is 6.83. The first-order chi connectivity index (χ1) is 16.8. The lowest BCUT2D eigenvalue weighted by atomic mass is 10.1. The van der Waals surface area contributed by atoms with E-state index < -0.39 is 56.4 Å². The van der Waals surface area contributed by atoms with Crippen LogP contribution in [0.15, 0.2) is 48.7 Å². The quantitative estimate of drug-likeness (QED) is 0.347. The Morgan fingerprint density at radius 1 is 1.00 bits per heavy atom. The lowest BCUT2D eigenvalue weighted by molar-refractivity contribution is -0.141. The first kappa shape index (κ1) is 27.6. The second-order valence-electron chi connectivity index (χ2n) is 7.40. The molecule has 14 heteroatoms. The molecular weight excluding hydrogens is 552 g/mol. The first-order valence-corrected chi connectivity index (χ1v) is 12.4. The number of carbonyl (C=O) groups excluding carboxylic acids is 1. The molecule has 1 amide bonds. The number of sulfonamides is 1. The fourth-order valence-corrected chi connectivity index (χ4v) is 4.48. The standard InChI is InChI=1S/C22H16Cl2F5N3O3S/c23-15-3-1-2-13(18(15)24)8-9-36(34,35)32-16-6-5-14(19(25)20(16)26)21(33)31-11-12-4-7-17(30-10-12)22(27,28)29/h1-7,10,32H,8-9,11H2,(H,31,33). The van der Waals surface area contributed by atoms with Crippen LogP contribution < -0.4 is 10.0 Å². The number of hydrogen-bond donors (Lipinski definition) is 2. The third-order valence-electron chi connectivity index (χ3n) is 4.83. The van der Waals surface area contributed by atoms with Crippen LogP contribution in [0.25, 0.3) is 0 Å². The summed E-state index contributed by atoms with van der Waals surface area (Å²) in [5.74, 6) is -4.81. The van der Waals surface area contributed by atoms with E-state index in [1.165, 1.54) is 6.07 Å². The molecule has 0 radical (unpaired) electrons. The van der Waals surface area contributed by atoms with Gasteiger partial charge in [0, 0.05) is 12.7 Å². The fraction of sp³-hybridized carbons (Fsp3) is 0.182. The van der Waals surface area contributed by atoms with Crippen LogP contribution in [0.3, 0.4) is 0 Å². The average Bonchev–Trinajstić information content (AvgIpc) is 2.81. The van der Waals surface area contributed by atoms with Gasteiger partial charge in [0.05, 0.1) is 27.0 Å². The maximum Gasteiger partial charge on any atom is 0.433 e. The summed E-state index contributed by atoms with van der Waals surface area (Å²) in [5, 5.41) is 2.64. The van der Waals surface area contributed by atoms with E-state index in [9.17, 15) is 35.2 Å². The Morgan fingerprint density at radius 2 is 1.72 bits per heavy atom. The summed E-state index contributed by atoms with van der Waals surface area (Å²) in [4.78, 5) is 15.5. The highest BCUT2D eigenvalue weighted by molar-refractivity contribution is 7.92. The first-order valence-electron chi connectivity index (χ1n) is 10.00. The smallest absolute Gasteiger partial charge is 0.348 e. The second kappa shape index (κ2) is 11.0. The number of nitrogens with one attached hydrogen (secondary N) is 2. The van der Waals surface area contributed by atoms with E-state index >= 15 is 0 Å². The Morgan fingerprint density at radius 3 is 2.36 bits per heavy atom. The number of pyridine rings is 1. The Balaban J connectivity index is 1.66. The van der Waals surface area contributed by atoms with Crippen molar-refractivity contribution in [1.82, 2.24) is 10.3 Å². The Hall–Kier alpha value is -2.96. The SMILES string of the molecule is O=C(NCc1ccc(C(F)(F)F)nc1)c1ccc(NS(=O)(=O)CCc2cccc(Cl)c2Cl)c(F)c1F. The van der Waals surface area contributed by atoms with Crippen molar-refractivity contribution in [2.75, 3.05) is 10.5 Å². The van der Waals surface area contributed by atoms with Gasteiger partial charge in [-0.15, -0.1) is 0 Å². The van der Waals surface area contributed by atoms with Gasteiger partial charge in [0.15, 0.2) is 11.6 Å². The van der Waals surface area contributed by atoms with Gasteiger partial charge >= 0.3 is 6.18 Å². The molecule has 0 saturated carbocycles. The highest BCUT2D eigenvalue weighted by Gasteiger charge is 2.32. The van der Waals surface area contributed by atoms with Gasteiger partial charge < -0.3 is 5.32 Å². The molecule has 1 heterocycles. The Kier molecular flexibility index (Phi) is 8.42. The zero-order valence-electron chi connectivity index (χ0n) is 18.0. The predicted molar refractivity (Wildman–Crippen MR) is 124 cm³/mol. The van der Waals surface area contributed by atoms with E-state index in [-0.39, 0.29) is 28.6 Å². The normalized spacial score (nSPS) is 11.9. The molecule has 0 fully saturated rings. The number of alkyl halides is 3. The molecule has 0 aliphatic carbocycles. The molecule has 1 aromatic heterocycles. The molecule has 0 bridgehead atoms. The predicted octanol–water partition coefficient (Wildman–Crippen LogP) is 5.60. The second-order valence-corrected chi connectivity index (χ2v) is 10.0. The van der Waals surface area contributed by atoms with Crippen molar-refractivity contribution in [3.05, 3.63) is 92.7 Å². The van der Waals surface area contributed by atoms with E-state index in [0.717, 1.165) is 24.4 Å². The Bertz CT molecular complexity index is 1380. The molecule has 2 aromatic carbocycles. The minimum absolute atomic E-state index is 0.0574. The fourth-order valence-electron chi connectivity index (χ4n) is 2.98. The van der Waals surface area contributed by atoms with Crippen LogP contribution in [0.2, 0.25) is 10.0 Å². The van der Waals surface area contributed by atoms with E-state index in [4.69, 9.17) is 23.2 Å². The topological polar surface area (TPSA) is 88.2 Å². The molecule has 6 nitrogen and oxygen atoms in total. The molecule has 0 spiro atoms. The number of benzene rings is 2. The van der Waals surface area contributed by atoms with Crippen LogP contribution >= 0.6 is 23.2 Å². The number of halogens is 7. The van der Waals surface area contributed by atoms with E-state index in [0.29, 0.717) is 11.6 Å². The van der Waals surface area contributed by atoms with Crippen LogP contribution in [0.4, 0.5) is 27.6 Å². The van der Waals surface area contributed by atoms with Gasteiger partial charge in [-0.3, -0.25) is 14.5 Å². The third-order valence-corrected chi connectivity index (χ3v) is 6.96. The number of anilines is 1. The summed E-state index contributed by atoms with van der Waals surface area (Å²) in [6, 6.07) is 8.19. The van der Waals surface area contributed by atoms with Gasteiger partial charge in [-0.2, -0.15) is 13.2 Å². The van der Waals surface area contributed by atoms with E-state index in [1.54, 1.807) is 12.1 Å². The minimum atomic E-state index is -4.63. The number of amides is 1. The van der Waals surface area contributed by atoms with Crippen molar-refractivity contribution in [3.63, 3.8) is 0 Å². The molecule has 192 valence electrons. The lowest BCUT2D eigenvalue weighted by Gasteiger charge is -2.12. The molecule has 0 aliphatic heterocycles. The summed E-state index contributed by atoms with van der Waals surface area (Å²) in [6.07, 6.45) is -3.80. The molecule has 0 aliphatic rings. The average molecular weight is 568 g/mol. The number of aryl methyl sites for hydroxylation is 1. The minimum Gasteiger partial charge on any atom is -0.348 e. The summed E-state index contributed by atoms with van der Waals surface area (Å²) in [7, 11) is -4.14. The highest BCUT2D eigenvalue weighted by atomic mass is 35.5. The molecule has 0 atom stereocenters. The van der Waals surface area contributed by atoms with Crippen LogP contribution in [-0.2, 0) is 29.2 Å². The van der Waals surface area contributed by atoms with Crippen LogP contribution in [0.1, 0.15) is 27.2 Å². The maximum atomic E-state index is 14.5. The van der Waals surface area contributed by atoms with Gasteiger partial charge in [-0.25, -0.2) is 17.2 Å². The highest BCUT2D eigenvalue weighted by Crippen LogP contribution is 2.28. The maximum absolute atomic E-state index is 14.5. The number of hydrogen-bond acceptors (Lipinski definition) is 4. The number of rotatable bonds is 8. The van der Waals surface area contributed by atoms with Gasteiger partial charge in [0.2, 0.25) is 10.0 Å². The van der Waals surface area contributed by atoms with Crippen molar-refractivity contribution in [2.45, 2.75) is 19.1 Å². The summed E-state index contributed by atoms with van der Waals surface area (Å²) in [5.41, 5.74) is -1.95. The summed E-state index contributed by atoms with van der Waals surface area (Å²) >= 11 is 11.9. The van der Waals surface area contributed by atoms with Gasteiger partial charge in [0.1, 0.15) is 5.69 Å². The van der Waals surface area contributed by atoms with E-state index in [1.807, 2.05) is 4.72 Å². The van der Waals surface area contributed by atoms with Crippen LogP contribution in [-0.4, -0.2) is 25.1 Å². The molecule has 0 saturated heterocycles. The zero-order valence-corrected chi connectivity index (χ0v) is 20.3. The number of carbonyl (C=O) groups is 1. The summed E-state index contributed by atoms with van der Waals surface area (Å²) in [6.45, 7) is -0.314. The molecule has 2 N–H and O–H groups in total. The van der Waals surface area contributed by atoms with E-state index in [2.05, 4.69) is 10.3 Å². The number of nitrogens with zero attached hydrogens (tertiary/aromatic N) is 1. The van der Waals surface area contributed by atoms with Crippen LogP contribution in [0, 0.1) is 11.6 Å². The van der Waals surface area contributed by atoms with Crippen molar-refractivity contribution < 1.29 is 35.2 Å². The number of aromatic nitrogens is 1. The van der Waals surface area contributed by atoms with Crippen molar-refractivity contribution >= 4 is 44.8 Å². The monoisotopic (exact) mass is 567 g/mol. The lowest BCUT2D eigenvalue weighted by Crippen LogP contribution is -2.25. The van der Waals surface area contributed by atoms with Gasteiger partial charge in [0.25, 0.3) is 5.91 Å². The molecule has 36 heavy (non-hydrogen) atoms. The largest absolute Gasteiger partial charge is 0.433 e.